The van der Waals surface area contributed by atoms with Crippen molar-refractivity contribution in [3.05, 3.63) is 57.0 Å². The van der Waals surface area contributed by atoms with Gasteiger partial charge < -0.3 is 10.1 Å². The Hall–Kier alpha value is -1.03. The molecular weight excluding hydrogens is 326 g/mol. The Kier molecular flexibility index (Phi) is 4.86. The van der Waals surface area contributed by atoms with E-state index in [4.69, 9.17) is 16.3 Å². The van der Waals surface area contributed by atoms with Crippen LogP contribution in [0.1, 0.15) is 11.1 Å². The van der Waals surface area contributed by atoms with Gasteiger partial charge in [0.2, 0.25) is 0 Å². The molecule has 0 amide bonds. The maximum absolute atomic E-state index is 6.14. The lowest BCUT2D eigenvalue weighted by Crippen LogP contribution is -2.06. The second kappa shape index (κ2) is 6.42. The fraction of sp³-hybridized carbons (Fsp3) is 0.200. The van der Waals surface area contributed by atoms with Gasteiger partial charge in [-0.05, 0) is 55.4 Å². The molecule has 100 valence electrons. The minimum atomic E-state index is 0.589. The minimum Gasteiger partial charge on any atom is -0.456 e. The van der Waals surface area contributed by atoms with Crippen LogP contribution in [0, 0.1) is 6.92 Å². The molecule has 4 heteroatoms. The molecule has 0 atom stereocenters. The molecule has 0 aliphatic rings. The van der Waals surface area contributed by atoms with Gasteiger partial charge in [-0.25, -0.2) is 0 Å². The molecule has 2 aromatic rings. The maximum Gasteiger partial charge on any atom is 0.146 e. The van der Waals surface area contributed by atoms with Crippen LogP contribution in [0.3, 0.4) is 0 Å². The number of aryl methyl sites for hydroxylation is 1. The molecular formula is C15H15BrClNO. The number of nitrogens with one attached hydrogen (secondary N) is 1. The van der Waals surface area contributed by atoms with Gasteiger partial charge in [0.25, 0.3) is 0 Å². The first kappa shape index (κ1) is 14.4. The topological polar surface area (TPSA) is 21.3 Å². The van der Waals surface area contributed by atoms with E-state index in [1.54, 1.807) is 0 Å². The summed E-state index contributed by atoms with van der Waals surface area (Å²) in [5, 5.41) is 3.73. The normalized spacial score (nSPS) is 10.5. The molecule has 2 nitrogen and oxygen atoms in total. The van der Waals surface area contributed by atoms with Crippen molar-refractivity contribution in [3.63, 3.8) is 0 Å². The Morgan fingerprint density at radius 1 is 1.21 bits per heavy atom. The number of hydrogen-bond acceptors (Lipinski definition) is 2. The van der Waals surface area contributed by atoms with Gasteiger partial charge in [-0.2, -0.15) is 0 Å². The molecule has 1 N–H and O–H groups in total. The van der Waals surface area contributed by atoms with Crippen molar-refractivity contribution in [1.82, 2.24) is 5.32 Å². The van der Waals surface area contributed by atoms with Crippen LogP contribution in [-0.4, -0.2) is 7.05 Å². The third kappa shape index (κ3) is 3.72. The summed E-state index contributed by atoms with van der Waals surface area (Å²) < 4.78 is 6.74. The fourth-order valence-corrected chi connectivity index (χ4v) is 2.52. The summed E-state index contributed by atoms with van der Waals surface area (Å²) in [6.45, 7) is 2.92. The van der Waals surface area contributed by atoms with E-state index in [2.05, 4.69) is 34.2 Å². The monoisotopic (exact) mass is 339 g/mol. The van der Waals surface area contributed by atoms with E-state index >= 15 is 0 Å². The van der Waals surface area contributed by atoms with Gasteiger partial charge in [0.1, 0.15) is 11.5 Å². The van der Waals surface area contributed by atoms with Crippen molar-refractivity contribution in [1.29, 1.82) is 0 Å². The Balaban J connectivity index is 2.21. The van der Waals surface area contributed by atoms with Crippen LogP contribution >= 0.6 is 27.5 Å². The molecule has 0 radical (unpaired) electrons. The highest BCUT2D eigenvalue weighted by Gasteiger charge is 2.05. The third-order valence-corrected chi connectivity index (χ3v) is 3.59. The van der Waals surface area contributed by atoms with Crippen LogP contribution in [0.5, 0.6) is 11.5 Å². The smallest absolute Gasteiger partial charge is 0.146 e. The SMILES string of the molecule is CNCc1ccc(Oc2ccc(Br)cc2Cl)cc1C. The van der Waals surface area contributed by atoms with Crippen LogP contribution in [0.15, 0.2) is 40.9 Å². The molecule has 0 spiro atoms. The number of halogens is 2. The molecule has 0 unspecified atom stereocenters. The van der Waals surface area contributed by atoms with E-state index in [0.717, 1.165) is 16.8 Å². The lowest BCUT2D eigenvalue weighted by atomic mass is 10.1. The average Bonchev–Trinajstić information content (AvgIpc) is 2.36. The zero-order valence-electron chi connectivity index (χ0n) is 10.8. The van der Waals surface area contributed by atoms with E-state index in [1.165, 1.54) is 11.1 Å². The van der Waals surface area contributed by atoms with Gasteiger partial charge in [0.05, 0.1) is 5.02 Å². The number of benzene rings is 2. The summed E-state index contributed by atoms with van der Waals surface area (Å²) in [5.41, 5.74) is 2.46. The molecule has 0 fully saturated rings. The molecule has 0 saturated carbocycles. The summed E-state index contributed by atoms with van der Waals surface area (Å²) in [4.78, 5) is 0. The van der Waals surface area contributed by atoms with Crippen LogP contribution in [0.25, 0.3) is 0 Å². The molecule has 0 heterocycles. The molecule has 2 aromatic carbocycles. The Bertz CT molecular complexity index is 586. The largest absolute Gasteiger partial charge is 0.456 e. The zero-order chi connectivity index (χ0) is 13.8. The minimum absolute atomic E-state index is 0.589. The van der Waals surface area contributed by atoms with Crippen molar-refractivity contribution in [2.24, 2.45) is 0 Å². The number of rotatable bonds is 4. The van der Waals surface area contributed by atoms with Crippen LogP contribution in [0.2, 0.25) is 5.02 Å². The highest BCUT2D eigenvalue weighted by molar-refractivity contribution is 9.10. The molecule has 0 aliphatic carbocycles. The van der Waals surface area contributed by atoms with Crippen molar-refractivity contribution in [3.8, 4) is 11.5 Å². The van der Waals surface area contributed by atoms with Crippen molar-refractivity contribution < 1.29 is 4.74 Å². The Morgan fingerprint density at radius 3 is 2.63 bits per heavy atom. The summed E-state index contributed by atoms with van der Waals surface area (Å²) in [5.74, 6) is 1.45. The molecule has 0 bridgehead atoms. The van der Waals surface area contributed by atoms with E-state index in [1.807, 2.05) is 37.4 Å². The Morgan fingerprint density at radius 2 is 2.00 bits per heavy atom. The standard InChI is InChI=1S/C15H15BrClNO/c1-10-7-13(5-3-11(10)9-18-2)19-15-6-4-12(16)8-14(15)17/h3-8,18H,9H2,1-2H3. The van der Waals surface area contributed by atoms with Crippen molar-refractivity contribution >= 4 is 27.5 Å². The summed E-state index contributed by atoms with van der Waals surface area (Å²) in [6.07, 6.45) is 0. The molecule has 19 heavy (non-hydrogen) atoms. The molecule has 0 saturated heterocycles. The zero-order valence-corrected chi connectivity index (χ0v) is 13.2. The van der Waals surface area contributed by atoms with Crippen LogP contribution in [0.4, 0.5) is 0 Å². The quantitative estimate of drug-likeness (QED) is 0.852. The van der Waals surface area contributed by atoms with Gasteiger partial charge in [-0.3, -0.25) is 0 Å². The first-order chi connectivity index (χ1) is 9.10. The lowest BCUT2D eigenvalue weighted by molar-refractivity contribution is 0.482. The summed E-state index contributed by atoms with van der Waals surface area (Å²) in [7, 11) is 1.94. The van der Waals surface area contributed by atoms with Crippen molar-refractivity contribution in [2.45, 2.75) is 13.5 Å². The van der Waals surface area contributed by atoms with E-state index in [0.29, 0.717) is 10.8 Å². The van der Waals surface area contributed by atoms with Gasteiger partial charge in [-0.15, -0.1) is 0 Å². The van der Waals surface area contributed by atoms with Gasteiger partial charge in [0, 0.05) is 11.0 Å². The second-order valence-corrected chi connectivity index (χ2v) is 5.62. The summed E-state index contributed by atoms with van der Waals surface area (Å²) >= 11 is 9.51. The van der Waals surface area contributed by atoms with Gasteiger partial charge in [-0.1, -0.05) is 33.6 Å². The highest BCUT2D eigenvalue weighted by atomic mass is 79.9. The second-order valence-electron chi connectivity index (χ2n) is 4.30. The third-order valence-electron chi connectivity index (χ3n) is 2.80. The maximum atomic E-state index is 6.14. The number of ether oxygens (including phenoxy) is 1. The molecule has 0 aromatic heterocycles. The predicted octanol–water partition coefficient (Wildman–Crippen LogP) is 4.92. The highest BCUT2D eigenvalue weighted by Crippen LogP contribution is 2.32. The fourth-order valence-electron chi connectivity index (χ4n) is 1.81. The molecule has 2 rings (SSSR count). The van der Waals surface area contributed by atoms with E-state index in [-0.39, 0.29) is 0 Å². The Labute approximate surface area is 126 Å². The van der Waals surface area contributed by atoms with Crippen molar-refractivity contribution in [2.75, 3.05) is 7.05 Å². The lowest BCUT2D eigenvalue weighted by Gasteiger charge is -2.11. The number of hydrogen-bond donors (Lipinski definition) is 1. The van der Waals surface area contributed by atoms with Crippen LogP contribution < -0.4 is 10.1 Å². The van der Waals surface area contributed by atoms with E-state index < -0.39 is 0 Å². The first-order valence-corrected chi connectivity index (χ1v) is 7.14. The summed E-state index contributed by atoms with van der Waals surface area (Å²) in [6, 6.07) is 11.6. The average molecular weight is 341 g/mol. The van der Waals surface area contributed by atoms with Crippen LogP contribution in [-0.2, 0) is 6.54 Å². The molecule has 0 aliphatic heterocycles. The van der Waals surface area contributed by atoms with Gasteiger partial charge in [0.15, 0.2) is 0 Å². The predicted molar refractivity (Wildman–Crippen MR) is 83.2 cm³/mol. The van der Waals surface area contributed by atoms with E-state index in [9.17, 15) is 0 Å². The van der Waals surface area contributed by atoms with Gasteiger partial charge >= 0.3 is 0 Å². The first-order valence-electron chi connectivity index (χ1n) is 5.97.